The van der Waals surface area contributed by atoms with Gasteiger partial charge in [-0.05, 0) is 25.8 Å². The zero-order chi connectivity index (χ0) is 7.84. The second-order valence-electron chi connectivity index (χ2n) is 3.31. The van der Waals surface area contributed by atoms with Crippen LogP contribution in [-0.4, -0.2) is 10.2 Å². The Labute approximate surface area is 78.1 Å². The van der Waals surface area contributed by atoms with Crippen molar-refractivity contribution in [2.45, 2.75) is 31.7 Å². The molecule has 0 aliphatic heterocycles. The maximum absolute atomic E-state index is 5.67. The smallest absolute Gasteiger partial charge is 0.0789 e. The first-order valence-corrected chi connectivity index (χ1v) is 4.08. The highest BCUT2D eigenvalue weighted by Gasteiger charge is 2.25. The van der Waals surface area contributed by atoms with Gasteiger partial charge >= 0.3 is 0 Å². The minimum absolute atomic E-state index is 0. The highest BCUT2D eigenvalue weighted by molar-refractivity contribution is 5.85. The first kappa shape index (κ1) is 9.55. The first-order chi connectivity index (χ1) is 5.27. The van der Waals surface area contributed by atoms with Gasteiger partial charge < -0.3 is 5.73 Å². The van der Waals surface area contributed by atoms with Crippen molar-refractivity contribution in [2.24, 2.45) is 5.73 Å². The molecule has 3 N–H and O–H groups in total. The third-order valence-corrected chi connectivity index (χ3v) is 2.10. The number of aromatic amines is 1. The lowest BCUT2D eigenvalue weighted by atomic mass is 10.2. The van der Waals surface area contributed by atoms with Gasteiger partial charge in [-0.3, -0.25) is 5.10 Å². The zero-order valence-electron chi connectivity index (χ0n) is 7.08. The fourth-order valence-electron chi connectivity index (χ4n) is 1.19. The maximum atomic E-state index is 5.67. The molecule has 2 rings (SSSR count). The van der Waals surface area contributed by atoms with Crippen LogP contribution in [0.3, 0.4) is 0 Å². The van der Waals surface area contributed by atoms with Crippen LogP contribution in [0.15, 0.2) is 6.07 Å². The minimum Gasteiger partial charge on any atom is -0.323 e. The number of nitrogens with two attached hydrogens (primary N) is 1. The molecule has 0 spiro atoms. The molecular formula is C8H14ClN3. The van der Waals surface area contributed by atoms with E-state index in [1.807, 2.05) is 6.92 Å². The highest BCUT2D eigenvalue weighted by atomic mass is 35.5. The summed E-state index contributed by atoms with van der Waals surface area (Å²) < 4.78 is 0. The van der Waals surface area contributed by atoms with E-state index in [1.165, 1.54) is 18.5 Å². The molecule has 0 amide bonds. The van der Waals surface area contributed by atoms with Crippen LogP contribution in [0.1, 0.15) is 43.1 Å². The van der Waals surface area contributed by atoms with E-state index < -0.39 is 0 Å². The molecule has 1 aromatic rings. The largest absolute Gasteiger partial charge is 0.323 e. The molecule has 1 saturated carbocycles. The molecule has 3 nitrogen and oxygen atoms in total. The number of H-pyrrole nitrogens is 1. The molecule has 1 aliphatic rings. The van der Waals surface area contributed by atoms with E-state index in [0.717, 1.165) is 11.6 Å². The molecule has 1 fully saturated rings. The van der Waals surface area contributed by atoms with Gasteiger partial charge in [-0.1, -0.05) is 0 Å². The topological polar surface area (TPSA) is 54.7 Å². The van der Waals surface area contributed by atoms with E-state index in [2.05, 4.69) is 16.3 Å². The van der Waals surface area contributed by atoms with Gasteiger partial charge in [-0.15, -0.1) is 12.4 Å². The average molecular weight is 188 g/mol. The zero-order valence-corrected chi connectivity index (χ0v) is 7.90. The summed E-state index contributed by atoms with van der Waals surface area (Å²) in [4.78, 5) is 0. The Morgan fingerprint density at radius 1 is 1.67 bits per heavy atom. The van der Waals surface area contributed by atoms with Crippen molar-refractivity contribution >= 4 is 12.4 Å². The van der Waals surface area contributed by atoms with Gasteiger partial charge in [-0.25, -0.2) is 0 Å². The predicted octanol–water partition coefficient (Wildman–Crippen LogP) is 1.73. The molecule has 1 atom stereocenters. The maximum Gasteiger partial charge on any atom is 0.0789 e. The second-order valence-corrected chi connectivity index (χ2v) is 3.31. The van der Waals surface area contributed by atoms with Gasteiger partial charge in [0, 0.05) is 17.7 Å². The summed E-state index contributed by atoms with van der Waals surface area (Å²) in [6.07, 6.45) is 2.61. The van der Waals surface area contributed by atoms with Gasteiger partial charge in [0.15, 0.2) is 0 Å². The van der Waals surface area contributed by atoms with Crippen LogP contribution in [0.4, 0.5) is 0 Å². The van der Waals surface area contributed by atoms with Crippen LogP contribution >= 0.6 is 12.4 Å². The Kier molecular flexibility index (Phi) is 2.75. The van der Waals surface area contributed by atoms with Crippen molar-refractivity contribution in [2.75, 3.05) is 0 Å². The standard InChI is InChI=1S/C8H13N3.ClH/c1-5(9)7-4-8(11-10-7)6-2-3-6;/h4-6H,2-3,9H2,1H3,(H,10,11);1H. The van der Waals surface area contributed by atoms with E-state index in [-0.39, 0.29) is 18.4 Å². The summed E-state index contributed by atoms with van der Waals surface area (Å²) in [6, 6.07) is 2.14. The van der Waals surface area contributed by atoms with Crippen LogP contribution in [0, 0.1) is 0 Å². The molecule has 0 radical (unpaired) electrons. The number of nitrogens with zero attached hydrogens (tertiary/aromatic N) is 1. The fourth-order valence-corrected chi connectivity index (χ4v) is 1.19. The molecule has 68 valence electrons. The van der Waals surface area contributed by atoms with E-state index in [1.54, 1.807) is 0 Å². The number of hydrogen-bond acceptors (Lipinski definition) is 2. The van der Waals surface area contributed by atoms with Crippen LogP contribution in [-0.2, 0) is 0 Å². The quantitative estimate of drug-likeness (QED) is 0.741. The Morgan fingerprint density at radius 2 is 2.33 bits per heavy atom. The molecule has 0 saturated heterocycles. The Morgan fingerprint density at radius 3 is 2.75 bits per heavy atom. The normalized spacial score (nSPS) is 18.5. The van der Waals surface area contributed by atoms with Crippen LogP contribution < -0.4 is 5.73 Å². The summed E-state index contributed by atoms with van der Waals surface area (Å²) in [6.45, 7) is 1.95. The van der Waals surface area contributed by atoms with Crippen molar-refractivity contribution in [3.63, 3.8) is 0 Å². The van der Waals surface area contributed by atoms with E-state index in [9.17, 15) is 0 Å². The van der Waals surface area contributed by atoms with E-state index in [4.69, 9.17) is 5.73 Å². The van der Waals surface area contributed by atoms with E-state index >= 15 is 0 Å². The van der Waals surface area contributed by atoms with Crippen LogP contribution in [0.25, 0.3) is 0 Å². The molecule has 1 aliphatic carbocycles. The molecule has 1 unspecified atom stereocenters. The Bertz CT molecular complexity index is 236. The van der Waals surface area contributed by atoms with E-state index in [0.29, 0.717) is 0 Å². The number of aromatic nitrogens is 2. The SMILES string of the molecule is CC(N)c1cc(C2CC2)[nH]n1.Cl. The Balaban J connectivity index is 0.000000720. The molecule has 4 heteroatoms. The highest BCUT2D eigenvalue weighted by Crippen LogP contribution is 2.39. The molecule has 1 aromatic heterocycles. The molecule has 0 bridgehead atoms. The second kappa shape index (κ2) is 3.46. The molecular weight excluding hydrogens is 174 g/mol. The predicted molar refractivity (Wildman–Crippen MR) is 50.4 cm³/mol. The van der Waals surface area contributed by atoms with Crippen molar-refractivity contribution < 1.29 is 0 Å². The lowest BCUT2D eigenvalue weighted by Crippen LogP contribution is -2.04. The number of nitrogens with one attached hydrogen (secondary N) is 1. The van der Waals surface area contributed by atoms with Gasteiger partial charge in [0.05, 0.1) is 5.69 Å². The summed E-state index contributed by atoms with van der Waals surface area (Å²) in [5, 5.41) is 7.15. The molecule has 12 heavy (non-hydrogen) atoms. The number of rotatable bonds is 2. The molecule has 1 heterocycles. The van der Waals surface area contributed by atoms with Crippen LogP contribution in [0.2, 0.25) is 0 Å². The van der Waals surface area contributed by atoms with Gasteiger partial charge in [0.1, 0.15) is 0 Å². The van der Waals surface area contributed by atoms with Crippen molar-refractivity contribution in [1.29, 1.82) is 0 Å². The van der Waals surface area contributed by atoms with Crippen LogP contribution in [0.5, 0.6) is 0 Å². The summed E-state index contributed by atoms with van der Waals surface area (Å²) in [5.74, 6) is 0.745. The van der Waals surface area contributed by atoms with Crippen molar-refractivity contribution in [3.8, 4) is 0 Å². The average Bonchev–Trinajstić information content (AvgIpc) is 2.68. The van der Waals surface area contributed by atoms with Crippen molar-refractivity contribution in [3.05, 3.63) is 17.5 Å². The lowest BCUT2D eigenvalue weighted by Gasteiger charge is -1.95. The molecule has 0 aromatic carbocycles. The monoisotopic (exact) mass is 187 g/mol. The summed E-state index contributed by atoms with van der Waals surface area (Å²) in [7, 11) is 0. The lowest BCUT2D eigenvalue weighted by molar-refractivity contribution is 0.771. The number of halogens is 1. The summed E-state index contributed by atoms with van der Waals surface area (Å²) >= 11 is 0. The Hall–Kier alpha value is -0.540. The third-order valence-electron chi connectivity index (χ3n) is 2.10. The van der Waals surface area contributed by atoms with Gasteiger partial charge in [0.25, 0.3) is 0 Å². The summed E-state index contributed by atoms with van der Waals surface area (Å²) in [5.41, 5.74) is 7.91. The third kappa shape index (κ3) is 1.79. The fraction of sp³-hybridized carbons (Fsp3) is 0.625. The first-order valence-electron chi connectivity index (χ1n) is 4.08. The van der Waals surface area contributed by atoms with Crippen molar-refractivity contribution in [1.82, 2.24) is 10.2 Å². The minimum atomic E-state index is 0. The van der Waals surface area contributed by atoms with Gasteiger partial charge in [-0.2, -0.15) is 5.10 Å². The van der Waals surface area contributed by atoms with Gasteiger partial charge in [0.2, 0.25) is 0 Å². The number of hydrogen-bond donors (Lipinski definition) is 2.